The zero-order valence-electron chi connectivity index (χ0n) is 27.9. The number of nitrogens with zero attached hydrogens (tertiary/aromatic N) is 1. The van der Waals surface area contributed by atoms with Crippen molar-refractivity contribution >= 4 is 19.8 Å². The number of phosphoric ester groups is 1. The molecule has 10 heteroatoms. The number of hydrogen-bond acceptors (Lipinski definition) is 7. The van der Waals surface area contributed by atoms with E-state index < -0.39 is 32.5 Å². The molecule has 0 aliphatic heterocycles. The summed E-state index contributed by atoms with van der Waals surface area (Å²) in [5.41, 5.74) is 0. The van der Waals surface area contributed by atoms with Gasteiger partial charge in [0, 0.05) is 12.8 Å². The van der Waals surface area contributed by atoms with Crippen LogP contribution in [-0.2, 0) is 32.7 Å². The van der Waals surface area contributed by atoms with E-state index in [4.69, 9.17) is 18.5 Å². The molecular formula is C33H63NO8P+. The van der Waals surface area contributed by atoms with Gasteiger partial charge in [-0.25, -0.2) is 4.57 Å². The highest BCUT2D eigenvalue weighted by molar-refractivity contribution is 7.47. The SMILES string of the molecule is CCCCC/C=C\C/C=C\CCCCCCCCCC(=O)OC(COC(=O)CCCC)COP(=O)(O)OCC[N+](C)(C)C. The number of hydrogen-bond donors (Lipinski definition) is 1. The van der Waals surface area contributed by atoms with Crippen molar-refractivity contribution in [3.8, 4) is 0 Å². The Labute approximate surface area is 262 Å². The van der Waals surface area contributed by atoms with Crippen molar-refractivity contribution in [2.75, 3.05) is 47.5 Å². The lowest BCUT2D eigenvalue weighted by Crippen LogP contribution is -2.37. The summed E-state index contributed by atoms with van der Waals surface area (Å²) in [6.45, 7) is 4.09. The Morgan fingerprint density at radius 1 is 0.721 bits per heavy atom. The predicted octanol–water partition coefficient (Wildman–Crippen LogP) is 8.07. The van der Waals surface area contributed by atoms with Crippen LogP contribution in [0.4, 0.5) is 0 Å². The molecule has 0 saturated carbocycles. The first-order chi connectivity index (χ1) is 20.5. The number of ether oxygens (including phenoxy) is 2. The topological polar surface area (TPSA) is 108 Å². The number of rotatable bonds is 29. The molecule has 43 heavy (non-hydrogen) atoms. The number of allylic oxidation sites excluding steroid dienone is 4. The van der Waals surface area contributed by atoms with Gasteiger partial charge in [-0.2, -0.15) is 0 Å². The molecule has 0 aromatic rings. The molecule has 0 amide bonds. The summed E-state index contributed by atoms with van der Waals surface area (Å²) in [6.07, 6.45) is 24.8. The molecule has 0 bridgehead atoms. The van der Waals surface area contributed by atoms with Gasteiger partial charge < -0.3 is 18.9 Å². The Morgan fingerprint density at radius 3 is 1.88 bits per heavy atom. The van der Waals surface area contributed by atoms with Gasteiger partial charge in [0.2, 0.25) is 0 Å². The van der Waals surface area contributed by atoms with E-state index in [0.717, 1.165) is 38.5 Å². The van der Waals surface area contributed by atoms with Crippen LogP contribution in [0.5, 0.6) is 0 Å². The lowest BCUT2D eigenvalue weighted by molar-refractivity contribution is -0.870. The minimum atomic E-state index is -4.34. The fourth-order valence-electron chi connectivity index (χ4n) is 4.02. The van der Waals surface area contributed by atoms with Crippen molar-refractivity contribution in [3.63, 3.8) is 0 Å². The van der Waals surface area contributed by atoms with Crippen LogP contribution in [-0.4, -0.2) is 74.9 Å². The van der Waals surface area contributed by atoms with E-state index >= 15 is 0 Å². The van der Waals surface area contributed by atoms with E-state index in [0.29, 0.717) is 23.9 Å². The summed E-state index contributed by atoms with van der Waals surface area (Å²) in [5, 5.41) is 0. The molecule has 1 N–H and O–H groups in total. The Hall–Kier alpha value is -1.51. The number of phosphoric acid groups is 1. The summed E-state index contributed by atoms with van der Waals surface area (Å²) < 4.78 is 33.6. The van der Waals surface area contributed by atoms with E-state index in [1.165, 1.54) is 44.9 Å². The molecule has 0 spiro atoms. The average Bonchev–Trinajstić information content (AvgIpc) is 2.94. The first-order valence-corrected chi connectivity index (χ1v) is 18.1. The largest absolute Gasteiger partial charge is 0.472 e. The molecule has 9 nitrogen and oxygen atoms in total. The summed E-state index contributed by atoms with van der Waals surface area (Å²) in [7, 11) is 1.46. The molecular weight excluding hydrogens is 569 g/mol. The predicted molar refractivity (Wildman–Crippen MR) is 174 cm³/mol. The van der Waals surface area contributed by atoms with E-state index in [2.05, 4.69) is 31.2 Å². The van der Waals surface area contributed by atoms with Gasteiger partial charge in [0.25, 0.3) is 0 Å². The van der Waals surface area contributed by atoms with Crippen LogP contribution in [0.15, 0.2) is 24.3 Å². The van der Waals surface area contributed by atoms with Gasteiger partial charge in [0.05, 0.1) is 27.7 Å². The smallest absolute Gasteiger partial charge is 0.462 e. The number of likely N-dealkylation sites (N-methyl/N-ethyl adjacent to an activating group) is 1. The molecule has 0 heterocycles. The zero-order valence-corrected chi connectivity index (χ0v) is 28.8. The molecule has 252 valence electrons. The minimum Gasteiger partial charge on any atom is -0.462 e. The van der Waals surface area contributed by atoms with Crippen LogP contribution in [0.1, 0.15) is 123 Å². The normalized spacial score (nSPS) is 14.3. The Bertz CT molecular complexity index is 809. The molecule has 0 radical (unpaired) electrons. The van der Waals surface area contributed by atoms with Gasteiger partial charge in [-0.1, -0.05) is 89.5 Å². The van der Waals surface area contributed by atoms with Crippen LogP contribution >= 0.6 is 7.82 Å². The molecule has 2 atom stereocenters. The quantitative estimate of drug-likeness (QED) is 0.0290. The highest BCUT2D eigenvalue weighted by Gasteiger charge is 2.27. The highest BCUT2D eigenvalue weighted by Crippen LogP contribution is 2.43. The van der Waals surface area contributed by atoms with Crippen LogP contribution in [0.25, 0.3) is 0 Å². The van der Waals surface area contributed by atoms with Gasteiger partial charge in [-0.3, -0.25) is 18.6 Å². The number of quaternary nitrogens is 1. The molecule has 2 unspecified atom stereocenters. The standard InChI is InChI=1S/C33H62NO8P/c1-6-8-10-11-12-13-14-15-16-17-18-19-20-21-22-23-24-26-33(36)42-31(29-39-32(35)25-9-7-2)30-41-43(37,38)40-28-27-34(3,4)5/h12-13,15-16,31H,6-11,14,17-30H2,1-5H3/p+1/b13-12-,16-15-. The number of unbranched alkanes of at least 4 members (excludes halogenated alkanes) is 11. The van der Waals surface area contributed by atoms with Gasteiger partial charge in [0.1, 0.15) is 19.8 Å². The Morgan fingerprint density at radius 2 is 1.28 bits per heavy atom. The van der Waals surface area contributed by atoms with Gasteiger partial charge in [-0.15, -0.1) is 0 Å². The first kappa shape index (κ1) is 41.5. The lowest BCUT2D eigenvalue weighted by Gasteiger charge is -2.24. The first-order valence-electron chi connectivity index (χ1n) is 16.6. The second-order valence-electron chi connectivity index (χ2n) is 12.2. The third kappa shape index (κ3) is 30.3. The minimum absolute atomic E-state index is 0.0297. The maximum absolute atomic E-state index is 12.4. The van der Waals surface area contributed by atoms with Gasteiger partial charge in [-0.05, 0) is 44.9 Å². The molecule has 0 aliphatic rings. The zero-order chi connectivity index (χ0) is 32.2. The fourth-order valence-corrected chi connectivity index (χ4v) is 4.76. The van der Waals surface area contributed by atoms with Crippen LogP contribution in [0, 0.1) is 0 Å². The van der Waals surface area contributed by atoms with Crippen LogP contribution in [0.2, 0.25) is 0 Å². The summed E-state index contributed by atoms with van der Waals surface area (Å²) in [5.74, 6) is -0.852. The van der Waals surface area contributed by atoms with Crippen molar-refractivity contribution in [2.45, 2.75) is 129 Å². The fraction of sp³-hybridized carbons (Fsp3) is 0.818. The maximum atomic E-state index is 12.4. The van der Waals surface area contributed by atoms with Crippen molar-refractivity contribution in [2.24, 2.45) is 0 Å². The number of carbonyl (C=O) groups excluding carboxylic acids is 2. The summed E-state index contributed by atoms with van der Waals surface area (Å²) in [4.78, 5) is 34.4. The Balaban J connectivity index is 4.22. The third-order valence-electron chi connectivity index (χ3n) is 6.73. The molecule has 0 aromatic heterocycles. The third-order valence-corrected chi connectivity index (χ3v) is 7.72. The molecule has 0 aromatic carbocycles. The number of esters is 2. The maximum Gasteiger partial charge on any atom is 0.472 e. The van der Waals surface area contributed by atoms with E-state index in [1.807, 2.05) is 28.1 Å². The van der Waals surface area contributed by atoms with Gasteiger partial charge >= 0.3 is 19.8 Å². The second kappa shape index (κ2) is 26.9. The van der Waals surface area contributed by atoms with Gasteiger partial charge in [0.15, 0.2) is 6.10 Å². The van der Waals surface area contributed by atoms with Crippen molar-refractivity contribution in [1.29, 1.82) is 0 Å². The average molecular weight is 633 g/mol. The second-order valence-corrected chi connectivity index (χ2v) is 13.7. The number of carbonyl (C=O) groups is 2. The summed E-state index contributed by atoms with van der Waals surface area (Å²) in [6, 6.07) is 0. The molecule has 0 rings (SSSR count). The van der Waals surface area contributed by atoms with E-state index in [1.54, 1.807) is 0 Å². The van der Waals surface area contributed by atoms with Crippen molar-refractivity contribution in [3.05, 3.63) is 24.3 Å². The summed E-state index contributed by atoms with van der Waals surface area (Å²) >= 11 is 0. The van der Waals surface area contributed by atoms with Crippen LogP contribution < -0.4 is 0 Å². The van der Waals surface area contributed by atoms with Crippen LogP contribution in [0.3, 0.4) is 0 Å². The monoisotopic (exact) mass is 632 g/mol. The molecule has 0 aliphatic carbocycles. The van der Waals surface area contributed by atoms with Crippen molar-refractivity contribution < 1.29 is 42.1 Å². The molecule has 0 fully saturated rings. The molecule has 0 saturated heterocycles. The lowest BCUT2D eigenvalue weighted by atomic mass is 10.1. The van der Waals surface area contributed by atoms with E-state index in [9.17, 15) is 19.0 Å². The Kier molecular flexibility index (Phi) is 25.9. The van der Waals surface area contributed by atoms with E-state index in [-0.39, 0.29) is 26.1 Å². The van der Waals surface area contributed by atoms with Crippen molar-refractivity contribution in [1.82, 2.24) is 0 Å². The highest BCUT2D eigenvalue weighted by atomic mass is 31.2.